The van der Waals surface area contributed by atoms with Crippen molar-refractivity contribution in [3.05, 3.63) is 60.3 Å². The van der Waals surface area contributed by atoms with Gasteiger partial charge in [0.15, 0.2) is 5.11 Å². The SMILES string of the molecule is CCCCCCN1CCC(c2c[nH]c3ccc(NC(=S)Nc4ccccc4OC(C)CC)nc23)CC1.O=C(O)/C=C/C(=O)O. The normalized spacial score (nSPS) is 14.5. The van der Waals surface area contributed by atoms with Crippen LogP contribution >= 0.6 is 12.2 Å². The van der Waals surface area contributed by atoms with E-state index >= 15 is 0 Å². The van der Waals surface area contributed by atoms with Crippen LogP contribution in [0.2, 0.25) is 0 Å². The first-order valence-corrected chi connectivity index (χ1v) is 15.8. The van der Waals surface area contributed by atoms with Crippen LogP contribution in [0.5, 0.6) is 5.75 Å². The monoisotopic (exact) mass is 623 g/mol. The molecule has 1 unspecified atom stereocenters. The molecule has 11 heteroatoms. The highest BCUT2D eigenvalue weighted by molar-refractivity contribution is 7.80. The molecule has 1 aliphatic heterocycles. The Hall–Kier alpha value is -3.96. The van der Waals surface area contributed by atoms with Gasteiger partial charge in [-0.05, 0) is 100 Å². The van der Waals surface area contributed by atoms with E-state index in [-0.39, 0.29) is 6.10 Å². The number of fused-ring (bicyclic) bond motifs is 1. The van der Waals surface area contributed by atoms with E-state index in [2.05, 4.69) is 53.6 Å². The zero-order valence-corrected chi connectivity index (χ0v) is 26.7. The van der Waals surface area contributed by atoms with Crippen molar-refractivity contribution in [2.75, 3.05) is 30.3 Å². The van der Waals surface area contributed by atoms with Crippen molar-refractivity contribution in [3.8, 4) is 5.75 Å². The van der Waals surface area contributed by atoms with Gasteiger partial charge in [0.05, 0.1) is 22.8 Å². The minimum atomic E-state index is -1.26. The number of piperidine rings is 1. The van der Waals surface area contributed by atoms with Crippen LogP contribution in [0.1, 0.15) is 77.2 Å². The van der Waals surface area contributed by atoms with Crippen molar-refractivity contribution < 1.29 is 24.5 Å². The largest absolute Gasteiger partial charge is 0.489 e. The summed E-state index contributed by atoms with van der Waals surface area (Å²) >= 11 is 5.61. The number of benzene rings is 1. The van der Waals surface area contributed by atoms with E-state index in [1.54, 1.807) is 0 Å². The van der Waals surface area contributed by atoms with E-state index in [1.807, 2.05) is 30.3 Å². The minimum Gasteiger partial charge on any atom is -0.489 e. The molecule has 5 N–H and O–H groups in total. The third-order valence-electron chi connectivity index (χ3n) is 7.56. The van der Waals surface area contributed by atoms with Crippen LogP contribution in [-0.4, -0.2) is 67.9 Å². The number of carboxylic acid groups (broad SMARTS) is 2. The number of para-hydroxylation sites is 2. The summed E-state index contributed by atoms with van der Waals surface area (Å²) in [6.45, 7) is 10.0. The summed E-state index contributed by atoms with van der Waals surface area (Å²) in [5.41, 5.74) is 4.29. The molecule has 1 saturated heterocycles. The molecule has 0 saturated carbocycles. The molecule has 0 radical (unpaired) electrons. The number of carbonyl (C=O) groups is 2. The van der Waals surface area contributed by atoms with Gasteiger partial charge < -0.3 is 35.5 Å². The summed E-state index contributed by atoms with van der Waals surface area (Å²) in [5.74, 6) is -0.429. The number of rotatable bonds is 13. The van der Waals surface area contributed by atoms with Gasteiger partial charge in [0.2, 0.25) is 0 Å². The molecular formula is C33H45N5O5S. The molecule has 0 bridgehead atoms. The molecule has 44 heavy (non-hydrogen) atoms. The Morgan fingerprint density at radius 2 is 1.77 bits per heavy atom. The molecule has 0 spiro atoms. The Morgan fingerprint density at radius 1 is 1.07 bits per heavy atom. The van der Waals surface area contributed by atoms with Gasteiger partial charge in [-0.25, -0.2) is 14.6 Å². The van der Waals surface area contributed by atoms with Gasteiger partial charge in [0, 0.05) is 18.3 Å². The number of aromatic nitrogens is 2. The average molecular weight is 624 g/mol. The van der Waals surface area contributed by atoms with E-state index in [0.717, 1.165) is 34.7 Å². The van der Waals surface area contributed by atoms with Crippen LogP contribution in [-0.2, 0) is 9.59 Å². The second-order valence-electron chi connectivity index (χ2n) is 10.9. The lowest BCUT2D eigenvalue weighted by Gasteiger charge is -2.31. The Balaban J connectivity index is 0.000000583. The molecule has 1 fully saturated rings. The van der Waals surface area contributed by atoms with Crippen LogP contribution in [0.3, 0.4) is 0 Å². The number of thiocarbonyl (C=S) groups is 1. The predicted octanol–water partition coefficient (Wildman–Crippen LogP) is 7.02. The fraction of sp³-hybridized carbons (Fsp3) is 0.455. The number of unbranched alkanes of at least 4 members (excludes halogenated alkanes) is 3. The molecule has 0 aliphatic carbocycles. The zero-order chi connectivity index (χ0) is 31.9. The molecule has 2 aromatic heterocycles. The first-order chi connectivity index (χ1) is 21.2. The highest BCUT2D eigenvalue weighted by Gasteiger charge is 2.23. The highest BCUT2D eigenvalue weighted by Crippen LogP contribution is 2.33. The van der Waals surface area contributed by atoms with Crippen LogP contribution in [0, 0.1) is 0 Å². The molecule has 238 valence electrons. The average Bonchev–Trinajstić information content (AvgIpc) is 3.43. The molecule has 1 aromatic carbocycles. The van der Waals surface area contributed by atoms with E-state index in [4.69, 9.17) is 32.2 Å². The van der Waals surface area contributed by atoms with Gasteiger partial charge >= 0.3 is 11.9 Å². The Kier molecular flexibility index (Phi) is 14.1. The molecule has 1 aliphatic rings. The maximum absolute atomic E-state index is 9.55. The van der Waals surface area contributed by atoms with Gasteiger partial charge in [-0.2, -0.15) is 0 Å². The van der Waals surface area contributed by atoms with Crippen LogP contribution in [0.25, 0.3) is 11.0 Å². The van der Waals surface area contributed by atoms with Gasteiger partial charge in [0.1, 0.15) is 11.6 Å². The molecule has 0 amide bonds. The van der Waals surface area contributed by atoms with E-state index in [1.165, 1.54) is 63.7 Å². The van der Waals surface area contributed by atoms with Crippen molar-refractivity contribution in [2.24, 2.45) is 0 Å². The van der Waals surface area contributed by atoms with Gasteiger partial charge in [-0.1, -0.05) is 45.2 Å². The summed E-state index contributed by atoms with van der Waals surface area (Å²) < 4.78 is 6.04. The smallest absolute Gasteiger partial charge is 0.328 e. The number of anilines is 2. The second-order valence-corrected chi connectivity index (χ2v) is 11.3. The van der Waals surface area contributed by atoms with E-state index in [0.29, 0.717) is 23.2 Å². The first kappa shape index (κ1) is 34.5. The number of nitrogens with one attached hydrogen (secondary N) is 3. The molecule has 10 nitrogen and oxygen atoms in total. The number of hydrogen-bond donors (Lipinski definition) is 5. The van der Waals surface area contributed by atoms with E-state index < -0.39 is 11.9 Å². The number of H-pyrrole nitrogens is 1. The molecule has 3 heterocycles. The number of ether oxygens (including phenoxy) is 1. The number of likely N-dealkylation sites (tertiary alicyclic amines) is 1. The summed E-state index contributed by atoms with van der Waals surface area (Å²) in [6, 6.07) is 11.9. The van der Waals surface area contributed by atoms with Gasteiger partial charge in [-0.15, -0.1) is 0 Å². The quantitative estimate of drug-likeness (QED) is 0.0766. The minimum absolute atomic E-state index is 0.137. The lowest BCUT2D eigenvalue weighted by atomic mass is 9.90. The number of carboxylic acids is 2. The third kappa shape index (κ3) is 11.3. The lowest BCUT2D eigenvalue weighted by molar-refractivity contribution is -0.134. The number of aliphatic carboxylic acids is 2. The van der Waals surface area contributed by atoms with Crippen molar-refractivity contribution in [3.63, 3.8) is 0 Å². The van der Waals surface area contributed by atoms with Crippen molar-refractivity contribution in [1.29, 1.82) is 0 Å². The fourth-order valence-corrected chi connectivity index (χ4v) is 5.23. The maximum atomic E-state index is 9.55. The molecule has 3 aromatic rings. The van der Waals surface area contributed by atoms with Crippen molar-refractivity contribution >= 4 is 51.8 Å². The third-order valence-corrected chi connectivity index (χ3v) is 7.76. The maximum Gasteiger partial charge on any atom is 0.328 e. The van der Waals surface area contributed by atoms with Crippen molar-refractivity contribution in [1.82, 2.24) is 14.9 Å². The summed E-state index contributed by atoms with van der Waals surface area (Å²) in [6.07, 6.45) is 12.1. The van der Waals surface area contributed by atoms with Crippen molar-refractivity contribution in [2.45, 2.75) is 77.7 Å². The predicted molar refractivity (Wildman–Crippen MR) is 180 cm³/mol. The highest BCUT2D eigenvalue weighted by atomic mass is 32.1. The summed E-state index contributed by atoms with van der Waals surface area (Å²) in [7, 11) is 0. The fourth-order valence-electron chi connectivity index (χ4n) is 5.02. The topological polar surface area (TPSA) is 140 Å². The Morgan fingerprint density at radius 3 is 2.43 bits per heavy atom. The van der Waals surface area contributed by atoms with E-state index in [9.17, 15) is 9.59 Å². The Labute approximate surface area is 264 Å². The first-order valence-electron chi connectivity index (χ1n) is 15.4. The lowest BCUT2D eigenvalue weighted by Crippen LogP contribution is -2.33. The Bertz CT molecular complexity index is 1380. The van der Waals surface area contributed by atoms with Crippen LogP contribution < -0.4 is 15.4 Å². The molecular weight excluding hydrogens is 578 g/mol. The molecule has 1 atom stereocenters. The number of nitrogens with zero attached hydrogens (tertiary/aromatic N) is 2. The standard InChI is InChI=1S/C29H41N5OS.C4H4O4/c1-4-6-7-10-17-34-18-15-22(16-19-34)23-20-30-25-13-14-27(32-28(23)25)33-29(36)31-24-11-8-9-12-26(24)35-21(3)5-2;5-3(6)1-2-4(7)8/h8-9,11-14,20-22,30H,4-7,10,15-19H2,1-3H3,(H2,31,32,33,36);1-2H,(H,5,6)(H,7,8)/b;2-1+. The van der Waals surface area contributed by atoms with Crippen LogP contribution in [0.4, 0.5) is 11.5 Å². The molecule has 4 rings (SSSR count). The van der Waals surface area contributed by atoms with Gasteiger partial charge in [-0.3, -0.25) is 0 Å². The number of aromatic amines is 1. The summed E-state index contributed by atoms with van der Waals surface area (Å²) in [5, 5.41) is 22.7. The number of pyridine rings is 1. The second kappa shape index (κ2) is 18.0. The van der Waals surface area contributed by atoms with Gasteiger partial charge in [0.25, 0.3) is 0 Å². The zero-order valence-electron chi connectivity index (χ0n) is 25.8. The number of hydrogen-bond acceptors (Lipinski definition) is 6. The van der Waals surface area contributed by atoms with Crippen LogP contribution in [0.15, 0.2) is 54.7 Å². The summed E-state index contributed by atoms with van der Waals surface area (Å²) in [4.78, 5) is 30.1.